The van der Waals surface area contributed by atoms with Gasteiger partial charge in [-0.25, -0.2) is 9.59 Å². The van der Waals surface area contributed by atoms with Crippen LogP contribution in [0.1, 0.15) is 20.8 Å². The number of carbonyl (C=O) groups excluding carboxylic acids is 2. The van der Waals surface area contributed by atoms with Gasteiger partial charge in [-0.05, 0) is 5.92 Å². The number of hydrogen-bond donors (Lipinski definition) is 1. The highest BCUT2D eigenvalue weighted by atomic mass is 19.4. The van der Waals surface area contributed by atoms with Gasteiger partial charge in [-0.1, -0.05) is 20.8 Å². The van der Waals surface area contributed by atoms with Crippen LogP contribution in [0.3, 0.4) is 0 Å². The minimum atomic E-state index is -6.57. The van der Waals surface area contributed by atoms with Crippen LogP contribution in [0, 0.1) is 11.8 Å². The van der Waals surface area contributed by atoms with Gasteiger partial charge >= 0.3 is 30.1 Å². The number of hydrogen-bond acceptors (Lipinski definition) is 4. The van der Waals surface area contributed by atoms with E-state index < -0.39 is 42.0 Å². The molecule has 0 aromatic heterocycles. The van der Waals surface area contributed by atoms with Crippen LogP contribution in [-0.2, 0) is 14.3 Å². The van der Waals surface area contributed by atoms with Crippen molar-refractivity contribution in [3.63, 3.8) is 0 Å². The normalized spacial score (nSPS) is 15.5. The molecule has 0 saturated heterocycles. The van der Waals surface area contributed by atoms with Gasteiger partial charge in [-0.15, -0.1) is 0 Å². The fourth-order valence-corrected chi connectivity index (χ4v) is 1.60. The smallest absolute Gasteiger partial charge is 0.459 e. The highest BCUT2D eigenvalue weighted by Gasteiger charge is 2.75. The van der Waals surface area contributed by atoms with Gasteiger partial charge in [0.25, 0.3) is 0 Å². The van der Waals surface area contributed by atoms with Crippen molar-refractivity contribution in [3.05, 3.63) is 0 Å². The topological polar surface area (TPSA) is 64.6 Å². The van der Waals surface area contributed by atoms with E-state index in [0.717, 1.165) is 7.11 Å². The molecule has 0 aliphatic rings. The predicted octanol–water partition coefficient (Wildman–Crippen LogP) is 3.38. The van der Waals surface area contributed by atoms with Crippen molar-refractivity contribution < 1.29 is 49.8 Å². The molecule has 2 unspecified atom stereocenters. The minimum absolute atomic E-state index is 0.261. The van der Waals surface area contributed by atoms with Crippen LogP contribution < -0.4 is 5.32 Å². The lowest BCUT2D eigenvalue weighted by Crippen LogP contribution is -2.61. The van der Waals surface area contributed by atoms with Crippen LogP contribution in [0.2, 0.25) is 0 Å². The second kappa shape index (κ2) is 8.09. The maximum atomic E-state index is 13.8. The number of nitrogens with one attached hydrogen (secondary N) is 1. The van der Waals surface area contributed by atoms with Crippen molar-refractivity contribution in [2.45, 2.75) is 44.8 Å². The Bertz CT molecular complexity index is 479. The lowest BCUT2D eigenvalue weighted by atomic mass is 9.90. The third kappa shape index (κ3) is 5.36. The zero-order valence-corrected chi connectivity index (χ0v) is 13.7. The van der Waals surface area contributed by atoms with Crippen LogP contribution in [0.15, 0.2) is 0 Å². The van der Waals surface area contributed by atoms with E-state index in [4.69, 9.17) is 0 Å². The van der Waals surface area contributed by atoms with Crippen molar-refractivity contribution in [2.75, 3.05) is 13.7 Å². The van der Waals surface area contributed by atoms with Gasteiger partial charge in [0.05, 0.1) is 19.6 Å². The van der Waals surface area contributed by atoms with Gasteiger partial charge < -0.3 is 14.8 Å². The molecule has 0 aliphatic carbocycles. The van der Waals surface area contributed by atoms with Gasteiger partial charge in [0.2, 0.25) is 0 Å². The Morgan fingerprint density at radius 3 is 1.84 bits per heavy atom. The Labute approximate surface area is 138 Å². The first-order valence-electron chi connectivity index (χ1n) is 6.93. The standard InChI is InChI=1S/C13H18F7NO4/c1-6(2)5-25-9(22)8(21-10(23)24-4)7(3)11(14,15)12(16,17)13(18,19)20/h6-8H,5H2,1-4H3,(H,21,23). The zero-order valence-electron chi connectivity index (χ0n) is 13.7. The molecular weight excluding hydrogens is 367 g/mol. The minimum Gasteiger partial charge on any atom is -0.464 e. The molecule has 148 valence electrons. The van der Waals surface area contributed by atoms with Crippen LogP contribution in [0.25, 0.3) is 0 Å². The second-order valence-electron chi connectivity index (χ2n) is 5.62. The molecule has 0 aromatic rings. The molecule has 2 atom stereocenters. The average Bonchev–Trinajstić information content (AvgIpc) is 2.47. The number of carbonyl (C=O) groups is 2. The molecule has 5 nitrogen and oxygen atoms in total. The van der Waals surface area contributed by atoms with Crippen LogP contribution in [0.5, 0.6) is 0 Å². The number of methoxy groups -OCH3 is 1. The van der Waals surface area contributed by atoms with E-state index in [1.165, 1.54) is 5.32 Å². The summed E-state index contributed by atoms with van der Waals surface area (Å²) in [6.45, 7) is 3.06. The monoisotopic (exact) mass is 385 g/mol. The third-order valence-corrected chi connectivity index (χ3v) is 3.12. The molecule has 0 heterocycles. The summed E-state index contributed by atoms with van der Waals surface area (Å²) in [6.07, 6.45) is -8.05. The van der Waals surface area contributed by atoms with Crippen molar-refractivity contribution in [1.82, 2.24) is 5.32 Å². The largest absolute Gasteiger partial charge is 0.464 e. The maximum absolute atomic E-state index is 13.8. The quantitative estimate of drug-likeness (QED) is 0.539. The number of ether oxygens (including phenoxy) is 2. The highest BCUT2D eigenvalue weighted by molar-refractivity contribution is 5.81. The Morgan fingerprint density at radius 1 is 1.00 bits per heavy atom. The maximum Gasteiger partial charge on any atom is 0.459 e. The average molecular weight is 385 g/mol. The summed E-state index contributed by atoms with van der Waals surface area (Å²) in [7, 11) is 0.777. The predicted molar refractivity (Wildman–Crippen MR) is 70.2 cm³/mol. The lowest BCUT2D eigenvalue weighted by molar-refractivity contribution is -0.365. The van der Waals surface area contributed by atoms with Crippen LogP contribution in [0.4, 0.5) is 35.5 Å². The molecule has 25 heavy (non-hydrogen) atoms. The molecule has 0 bridgehead atoms. The van der Waals surface area contributed by atoms with E-state index in [2.05, 4.69) is 9.47 Å². The van der Waals surface area contributed by atoms with Crippen molar-refractivity contribution in [1.29, 1.82) is 0 Å². The first kappa shape index (κ1) is 23.2. The molecule has 0 aromatic carbocycles. The summed E-state index contributed by atoms with van der Waals surface area (Å²) in [6, 6.07) is -2.49. The fourth-order valence-electron chi connectivity index (χ4n) is 1.60. The molecule has 0 saturated carbocycles. The van der Waals surface area contributed by atoms with Gasteiger partial charge in [0.15, 0.2) is 0 Å². The zero-order chi connectivity index (χ0) is 20.2. The number of alkyl carbamates (subject to hydrolysis) is 1. The summed E-state index contributed by atoms with van der Waals surface area (Å²) < 4.78 is 99.3. The van der Waals surface area contributed by atoms with Crippen molar-refractivity contribution >= 4 is 12.1 Å². The SMILES string of the molecule is COC(=O)NC(C(=O)OCC(C)C)C(C)C(F)(F)C(F)(F)C(F)(F)F. The lowest BCUT2D eigenvalue weighted by Gasteiger charge is -2.35. The Kier molecular flexibility index (Phi) is 7.52. The van der Waals surface area contributed by atoms with Crippen LogP contribution >= 0.6 is 0 Å². The fraction of sp³-hybridized carbons (Fsp3) is 0.846. The molecular formula is C13H18F7NO4. The molecule has 0 fully saturated rings. The second-order valence-corrected chi connectivity index (χ2v) is 5.62. The molecule has 1 amide bonds. The van der Waals surface area contributed by atoms with Gasteiger partial charge in [-0.3, -0.25) is 0 Å². The van der Waals surface area contributed by atoms with Crippen molar-refractivity contribution in [3.8, 4) is 0 Å². The van der Waals surface area contributed by atoms with E-state index in [0.29, 0.717) is 0 Å². The molecule has 0 rings (SSSR count). The number of halogens is 7. The van der Waals surface area contributed by atoms with E-state index >= 15 is 0 Å². The Balaban J connectivity index is 5.69. The third-order valence-electron chi connectivity index (χ3n) is 3.12. The van der Waals surface area contributed by atoms with Crippen LogP contribution in [-0.4, -0.2) is 49.8 Å². The number of rotatable bonds is 7. The summed E-state index contributed by atoms with van der Waals surface area (Å²) >= 11 is 0. The van der Waals surface area contributed by atoms with Gasteiger partial charge in [0.1, 0.15) is 6.04 Å². The van der Waals surface area contributed by atoms with Crippen molar-refractivity contribution in [2.24, 2.45) is 11.8 Å². The van der Waals surface area contributed by atoms with E-state index in [9.17, 15) is 40.3 Å². The van der Waals surface area contributed by atoms with Gasteiger partial charge in [0, 0.05) is 0 Å². The number of esters is 1. The molecule has 0 radical (unpaired) electrons. The van der Waals surface area contributed by atoms with Gasteiger partial charge in [-0.2, -0.15) is 30.7 Å². The van der Waals surface area contributed by atoms with E-state index in [1.54, 1.807) is 13.8 Å². The first-order chi connectivity index (χ1) is 11.1. The summed E-state index contributed by atoms with van der Waals surface area (Å²) in [5.41, 5.74) is 0. The molecule has 0 aliphatic heterocycles. The summed E-state index contributed by atoms with van der Waals surface area (Å²) in [5, 5.41) is 1.50. The molecule has 12 heteroatoms. The Hall–Kier alpha value is -1.75. The molecule has 1 N–H and O–H groups in total. The summed E-state index contributed by atoms with van der Waals surface area (Å²) in [5.74, 6) is -17.0. The Morgan fingerprint density at radius 2 is 1.48 bits per heavy atom. The number of alkyl halides is 7. The first-order valence-corrected chi connectivity index (χ1v) is 6.93. The van der Waals surface area contributed by atoms with E-state index in [-0.39, 0.29) is 19.4 Å². The molecule has 0 spiro atoms. The summed E-state index contributed by atoms with van der Waals surface area (Å²) in [4.78, 5) is 23.0. The number of amides is 1. The highest BCUT2D eigenvalue weighted by Crippen LogP contribution is 2.50. The van der Waals surface area contributed by atoms with E-state index in [1.807, 2.05) is 0 Å².